The van der Waals surface area contributed by atoms with Gasteiger partial charge in [0, 0.05) is 11.8 Å². The van der Waals surface area contributed by atoms with E-state index in [1.54, 1.807) is 36.5 Å². The van der Waals surface area contributed by atoms with Crippen molar-refractivity contribution in [3.8, 4) is 11.5 Å². The van der Waals surface area contributed by atoms with E-state index in [9.17, 15) is 4.79 Å². The van der Waals surface area contributed by atoms with Crippen LogP contribution in [0.4, 0.5) is 0 Å². The number of hydrogen-bond donors (Lipinski definition) is 0. The highest BCUT2D eigenvalue weighted by Gasteiger charge is 2.10. The lowest BCUT2D eigenvalue weighted by molar-refractivity contribution is 0.103. The largest absolute Gasteiger partial charge is 0.457 e. The topological polar surface area (TPSA) is 39.2 Å². The molecule has 0 spiro atoms. The van der Waals surface area contributed by atoms with E-state index in [-0.39, 0.29) is 5.78 Å². The van der Waals surface area contributed by atoms with E-state index in [1.807, 2.05) is 43.3 Å². The second-order valence-electron chi connectivity index (χ2n) is 4.99. The van der Waals surface area contributed by atoms with Gasteiger partial charge < -0.3 is 4.74 Å². The summed E-state index contributed by atoms with van der Waals surface area (Å²) in [5.74, 6) is 1.37. The zero-order valence-corrected chi connectivity index (χ0v) is 12.2. The molecule has 3 nitrogen and oxygen atoms in total. The van der Waals surface area contributed by atoms with E-state index in [0.717, 1.165) is 11.3 Å². The summed E-state index contributed by atoms with van der Waals surface area (Å²) < 4.78 is 5.71. The van der Waals surface area contributed by atoms with Crippen LogP contribution in [-0.2, 0) is 0 Å². The van der Waals surface area contributed by atoms with Crippen molar-refractivity contribution >= 4 is 5.78 Å². The SMILES string of the molecule is Cc1ccc(C(=O)c2ccc(Oc3ccccc3)cc2)nc1. The van der Waals surface area contributed by atoms with Crippen molar-refractivity contribution in [2.75, 3.05) is 0 Å². The third-order valence-electron chi connectivity index (χ3n) is 3.24. The fourth-order valence-corrected chi connectivity index (χ4v) is 2.05. The zero-order valence-electron chi connectivity index (χ0n) is 12.2. The van der Waals surface area contributed by atoms with Gasteiger partial charge >= 0.3 is 0 Å². The molecule has 0 fully saturated rings. The molecule has 0 saturated heterocycles. The Kier molecular flexibility index (Phi) is 3.97. The van der Waals surface area contributed by atoms with Crippen molar-refractivity contribution < 1.29 is 9.53 Å². The van der Waals surface area contributed by atoms with Gasteiger partial charge in [0.25, 0.3) is 0 Å². The summed E-state index contributed by atoms with van der Waals surface area (Å²) >= 11 is 0. The Hall–Kier alpha value is -2.94. The smallest absolute Gasteiger partial charge is 0.211 e. The molecule has 0 atom stereocenters. The monoisotopic (exact) mass is 289 g/mol. The Labute approximate surface area is 129 Å². The van der Waals surface area contributed by atoms with Gasteiger partial charge in [-0.15, -0.1) is 0 Å². The average Bonchev–Trinajstić information content (AvgIpc) is 2.57. The molecule has 2 aromatic carbocycles. The Bertz CT molecular complexity index is 763. The lowest BCUT2D eigenvalue weighted by Gasteiger charge is -2.06. The number of hydrogen-bond acceptors (Lipinski definition) is 3. The standard InChI is InChI=1S/C19H15NO2/c1-14-7-12-18(20-13-14)19(21)15-8-10-17(11-9-15)22-16-5-3-2-4-6-16/h2-13H,1H3. The Balaban J connectivity index is 1.76. The first kappa shape index (κ1) is 14.0. The summed E-state index contributed by atoms with van der Waals surface area (Å²) in [5.41, 5.74) is 2.07. The first-order chi connectivity index (χ1) is 10.7. The molecular formula is C19H15NO2. The van der Waals surface area contributed by atoms with Crippen molar-refractivity contribution in [1.82, 2.24) is 4.98 Å². The van der Waals surface area contributed by atoms with Crippen LogP contribution in [0, 0.1) is 6.92 Å². The summed E-state index contributed by atoms with van der Waals surface area (Å²) in [6.45, 7) is 1.94. The molecule has 0 aliphatic heterocycles. The summed E-state index contributed by atoms with van der Waals surface area (Å²) in [6, 6.07) is 20.2. The van der Waals surface area contributed by atoms with Gasteiger partial charge in [-0.1, -0.05) is 24.3 Å². The second-order valence-corrected chi connectivity index (χ2v) is 4.99. The number of aryl methyl sites for hydroxylation is 1. The molecule has 22 heavy (non-hydrogen) atoms. The number of carbonyl (C=O) groups excluding carboxylic acids is 1. The number of carbonyl (C=O) groups is 1. The van der Waals surface area contributed by atoms with Crippen molar-refractivity contribution in [2.24, 2.45) is 0 Å². The number of pyridine rings is 1. The van der Waals surface area contributed by atoms with E-state index >= 15 is 0 Å². The molecule has 0 bridgehead atoms. The van der Waals surface area contributed by atoms with Gasteiger partial charge in [-0.2, -0.15) is 0 Å². The summed E-state index contributed by atoms with van der Waals surface area (Å²) in [7, 11) is 0. The van der Waals surface area contributed by atoms with Crippen LogP contribution in [0.1, 0.15) is 21.6 Å². The molecule has 0 N–H and O–H groups in total. The predicted molar refractivity (Wildman–Crippen MR) is 85.4 cm³/mol. The van der Waals surface area contributed by atoms with Gasteiger partial charge in [-0.05, 0) is 55.0 Å². The number of ketones is 1. The van der Waals surface area contributed by atoms with Crippen LogP contribution >= 0.6 is 0 Å². The summed E-state index contributed by atoms with van der Waals surface area (Å²) in [6.07, 6.45) is 1.69. The van der Waals surface area contributed by atoms with Gasteiger partial charge in [0.05, 0.1) is 0 Å². The predicted octanol–water partition coefficient (Wildman–Crippen LogP) is 4.41. The number of para-hydroxylation sites is 1. The third kappa shape index (κ3) is 3.20. The van der Waals surface area contributed by atoms with Gasteiger partial charge in [-0.3, -0.25) is 9.78 Å². The molecule has 0 radical (unpaired) electrons. The maximum absolute atomic E-state index is 12.3. The second kappa shape index (κ2) is 6.22. The lowest BCUT2D eigenvalue weighted by Crippen LogP contribution is -2.03. The zero-order chi connectivity index (χ0) is 15.4. The van der Waals surface area contributed by atoms with Crippen molar-refractivity contribution in [3.63, 3.8) is 0 Å². The Morgan fingerprint density at radius 1 is 0.864 bits per heavy atom. The van der Waals surface area contributed by atoms with Crippen molar-refractivity contribution in [1.29, 1.82) is 0 Å². The van der Waals surface area contributed by atoms with Crippen LogP contribution in [0.5, 0.6) is 11.5 Å². The van der Waals surface area contributed by atoms with Crippen LogP contribution < -0.4 is 4.74 Å². The molecule has 0 aliphatic carbocycles. The number of benzene rings is 2. The molecule has 3 heteroatoms. The maximum atomic E-state index is 12.3. The fourth-order valence-electron chi connectivity index (χ4n) is 2.05. The minimum absolute atomic E-state index is 0.0914. The van der Waals surface area contributed by atoms with E-state index in [1.165, 1.54) is 0 Å². The number of aromatic nitrogens is 1. The van der Waals surface area contributed by atoms with Crippen LogP contribution in [0.15, 0.2) is 72.9 Å². The summed E-state index contributed by atoms with van der Waals surface area (Å²) in [5, 5.41) is 0. The Morgan fingerprint density at radius 3 is 2.18 bits per heavy atom. The number of rotatable bonds is 4. The van der Waals surface area contributed by atoms with Crippen LogP contribution in [0.2, 0.25) is 0 Å². The molecule has 3 aromatic rings. The highest BCUT2D eigenvalue weighted by Crippen LogP contribution is 2.21. The van der Waals surface area contributed by atoms with Crippen LogP contribution in [0.25, 0.3) is 0 Å². The molecule has 1 heterocycles. The third-order valence-corrected chi connectivity index (χ3v) is 3.24. The maximum Gasteiger partial charge on any atom is 0.211 e. The highest BCUT2D eigenvalue weighted by molar-refractivity contribution is 6.07. The Morgan fingerprint density at radius 2 is 1.55 bits per heavy atom. The molecule has 0 saturated carbocycles. The molecule has 0 amide bonds. The molecular weight excluding hydrogens is 274 g/mol. The highest BCUT2D eigenvalue weighted by atomic mass is 16.5. The molecule has 108 valence electrons. The van der Waals surface area contributed by atoms with E-state index in [0.29, 0.717) is 17.0 Å². The number of nitrogens with zero attached hydrogens (tertiary/aromatic N) is 1. The van der Waals surface area contributed by atoms with Crippen LogP contribution in [-0.4, -0.2) is 10.8 Å². The molecule has 0 aliphatic rings. The van der Waals surface area contributed by atoms with Gasteiger partial charge in [-0.25, -0.2) is 0 Å². The minimum atomic E-state index is -0.0914. The fraction of sp³-hybridized carbons (Fsp3) is 0.0526. The van der Waals surface area contributed by atoms with Gasteiger partial charge in [0.2, 0.25) is 5.78 Å². The first-order valence-corrected chi connectivity index (χ1v) is 7.03. The van der Waals surface area contributed by atoms with Gasteiger partial charge in [0.1, 0.15) is 17.2 Å². The van der Waals surface area contributed by atoms with Crippen LogP contribution in [0.3, 0.4) is 0 Å². The first-order valence-electron chi connectivity index (χ1n) is 7.03. The summed E-state index contributed by atoms with van der Waals surface area (Å²) in [4.78, 5) is 16.5. The quantitative estimate of drug-likeness (QED) is 0.668. The molecule has 3 rings (SSSR count). The molecule has 0 unspecified atom stereocenters. The molecule has 1 aromatic heterocycles. The number of ether oxygens (including phenoxy) is 1. The van der Waals surface area contributed by atoms with Gasteiger partial charge in [0.15, 0.2) is 0 Å². The van der Waals surface area contributed by atoms with E-state index in [2.05, 4.69) is 4.98 Å². The van der Waals surface area contributed by atoms with Crippen molar-refractivity contribution in [3.05, 3.63) is 89.7 Å². The van der Waals surface area contributed by atoms with Crippen molar-refractivity contribution in [2.45, 2.75) is 6.92 Å². The lowest BCUT2D eigenvalue weighted by atomic mass is 10.1. The minimum Gasteiger partial charge on any atom is -0.457 e. The van der Waals surface area contributed by atoms with E-state index < -0.39 is 0 Å². The average molecular weight is 289 g/mol. The van der Waals surface area contributed by atoms with E-state index in [4.69, 9.17) is 4.74 Å². The normalized spacial score (nSPS) is 10.2.